The van der Waals surface area contributed by atoms with E-state index in [-0.39, 0.29) is 5.78 Å². The molecule has 0 amide bonds. The van der Waals surface area contributed by atoms with Gasteiger partial charge in [0.05, 0.1) is 0 Å². The summed E-state index contributed by atoms with van der Waals surface area (Å²) >= 11 is 0. The molecule has 1 aromatic carbocycles. The predicted molar refractivity (Wildman–Crippen MR) is 169 cm³/mol. The van der Waals surface area contributed by atoms with Gasteiger partial charge < -0.3 is 14.4 Å². The lowest BCUT2D eigenvalue weighted by Crippen LogP contribution is -2.19. The lowest BCUT2D eigenvalue weighted by Gasteiger charge is -2.23. The van der Waals surface area contributed by atoms with Crippen LogP contribution in [0, 0.1) is 5.92 Å². The van der Waals surface area contributed by atoms with E-state index in [0.29, 0.717) is 12.3 Å². The Balaban J connectivity index is 0.000000267. The minimum Gasteiger partial charge on any atom is -0.381 e. The van der Waals surface area contributed by atoms with Gasteiger partial charge in [-0.25, -0.2) is 4.99 Å². The molecule has 0 bridgehead atoms. The smallest absolute Gasteiger partial charge is 0.129 e. The summed E-state index contributed by atoms with van der Waals surface area (Å²) in [6, 6.07) is 8.57. The average molecular weight is 529 g/mol. The first-order chi connectivity index (χ1) is 19.0. The highest BCUT2D eigenvalue weighted by atomic mass is 16.5. The first-order valence-electron chi connectivity index (χ1n) is 14.5. The molecule has 0 N–H and O–H groups in total. The van der Waals surface area contributed by atoms with E-state index in [4.69, 9.17) is 4.74 Å². The molecular formula is C35H48N2O2. The number of ketones is 1. The Hall–Kier alpha value is -3.24. The maximum Gasteiger partial charge on any atom is 0.129 e. The van der Waals surface area contributed by atoms with Crippen molar-refractivity contribution < 1.29 is 9.53 Å². The van der Waals surface area contributed by atoms with Gasteiger partial charge in [0.15, 0.2) is 0 Å². The Labute approximate surface area is 237 Å². The minimum atomic E-state index is 0.254. The summed E-state index contributed by atoms with van der Waals surface area (Å²) < 4.78 is 5.47. The summed E-state index contributed by atoms with van der Waals surface area (Å²) in [6.45, 7) is 14.1. The molecule has 4 heteroatoms. The summed E-state index contributed by atoms with van der Waals surface area (Å²) in [5.41, 5.74) is 6.29. The molecule has 1 aliphatic carbocycles. The van der Waals surface area contributed by atoms with Gasteiger partial charge in [0.25, 0.3) is 0 Å². The number of ether oxygens (including phenoxy) is 1. The predicted octanol–water partition coefficient (Wildman–Crippen LogP) is 8.60. The van der Waals surface area contributed by atoms with Gasteiger partial charge in [-0.2, -0.15) is 0 Å². The first kappa shape index (κ1) is 32.0. The Morgan fingerprint density at radius 3 is 2.49 bits per heavy atom. The number of hydrogen-bond acceptors (Lipinski definition) is 4. The van der Waals surface area contributed by atoms with E-state index in [2.05, 4.69) is 77.2 Å². The van der Waals surface area contributed by atoms with Crippen LogP contribution in [0.1, 0.15) is 77.3 Å². The summed E-state index contributed by atoms with van der Waals surface area (Å²) in [5.74, 6) is 1.96. The largest absolute Gasteiger partial charge is 0.381 e. The molecule has 1 saturated heterocycles. The average Bonchev–Trinajstić information content (AvgIpc) is 3.35. The van der Waals surface area contributed by atoms with Crippen molar-refractivity contribution in [3.63, 3.8) is 0 Å². The second kappa shape index (κ2) is 18.1. The van der Waals surface area contributed by atoms with Crippen LogP contribution in [0.15, 0.2) is 89.8 Å². The normalized spacial score (nSPS) is 16.9. The molecule has 0 aromatic heterocycles. The fourth-order valence-corrected chi connectivity index (χ4v) is 4.61. The van der Waals surface area contributed by atoms with Gasteiger partial charge in [-0.3, -0.25) is 0 Å². The highest BCUT2D eigenvalue weighted by Gasteiger charge is 2.17. The van der Waals surface area contributed by atoms with E-state index in [1.54, 1.807) is 12.5 Å². The van der Waals surface area contributed by atoms with E-state index >= 15 is 0 Å². The molecule has 3 aliphatic rings. The SMILES string of the molecule is C=Cc1ccc(C2=CC=C(C3CCOCC3)CC=C2)cc1.CC.CC(=O)CCCN(C)C1=CCC=CC(C)=N1. The van der Waals surface area contributed by atoms with Crippen molar-refractivity contribution in [1.82, 2.24) is 4.90 Å². The number of Topliss-reactive ketones (excluding diaryl/α,β-unsaturated/α-hetero) is 1. The highest BCUT2D eigenvalue weighted by Crippen LogP contribution is 2.29. The fraction of sp³-hybridized carbons (Fsp3) is 0.429. The molecule has 210 valence electrons. The molecule has 1 fully saturated rings. The van der Waals surface area contributed by atoms with Crippen LogP contribution in [0.2, 0.25) is 0 Å². The van der Waals surface area contributed by atoms with Crippen LogP contribution in [0.4, 0.5) is 0 Å². The Morgan fingerprint density at radius 1 is 1.10 bits per heavy atom. The number of aliphatic imine (C=N–C) groups is 1. The molecule has 2 aliphatic heterocycles. The number of rotatable bonds is 8. The van der Waals surface area contributed by atoms with Gasteiger partial charge in [-0.1, -0.05) is 86.7 Å². The molecule has 0 unspecified atom stereocenters. The van der Waals surface area contributed by atoms with Crippen molar-refractivity contribution in [3.05, 3.63) is 95.9 Å². The second-order valence-electron chi connectivity index (χ2n) is 9.86. The molecule has 0 radical (unpaired) electrons. The van der Waals surface area contributed by atoms with Crippen molar-refractivity contribution in [1.29, 1.82) is 0 Å². The van der Waals surface area contributed by atoms with Gasteiger partial charge >= 0.3 is 0 Å². The lowest BCUT2D eigenvalue weighted by molar-refractivity contribution is -0.117. The molecule has 0 spiro atoms. The van der Waals surface area contributed by atoms with E-state index in [9.17, 15) is 4.79 Å². The standard InChI is InChI=1S/C20H22O.C13H20N2O.C2H6/c1-2-16-6-8-19(9-7-16)17-4-3-5-18(11-10-17)20-12-14-21-15-13-20;1-11-7-4-5-9-13(14-11)15(3)10-6-8-12(2)16;1-2/h2-4,6-11,20H,1,5,12-15H2;4,7,9H,5-6,8,10H2,1-3H3;1-2H3. The quantitative estimate of drug-likeness (QED) is 0.339. The van der Waals surface area contributed by atoms with Crippen LogP contribution < -0.4 is 0 Å². The van der Waals surface area contributed by atoms with Crippen molar-refractivity contribution in [3.8, 4) is 0 Å². The Kier molecular flexibility index (Phi) is 14.9. The van der Waals surface area contributed by atoms with Crippen LogP contribution in [-0.4, -0.2) is 43.2 Å². The van der Waals surface area contributed by atoms with Crippen molar-refractivity contribution in [2.75, 3.05) is 26.8 Å². The van der Waals surface area contributed by atoms with Gasteiger partial charge in [-0.05, 0) is 80.7 Å². The van der Waals surface area contributed by atoms with E-state index in [1.165, 1.54) is 11.1 Å². The topological polar surface area (TPSA) is 41.9 Å². The third-order valence-corrected chi connectivity index (χ3v) is 6.85. The van der Waals surface area contributed by atoms with Crippen LogP contribution >= 0.6 is 0 Å². The third-order valence-electron chi connectivity index (χ3n) is 6.85. The van der Waals surface area contributed by atoms with Gasteiger partial charge in [-0.15, -0.1) is 0 Å². The number of carbonyl (C=O) groups is 1. The molecule has 0 saturated carbocycles. The zero-order chi connectivity index (χ0) is 28.5. The van der Waals surface area contributed by atoms with Crippen LogP contribution in [0.3, 0.4) is 0 Å². The maximum absolute atomic E-state index is 10.8. The van der Waals surface area contributed by atoms with Crippen molar-refractivity contribution in [2.45, 2.75) is 66.2 Å². The zero-order valence-electron chi connectivity index (χ0n) is 24.8. The number of nitrogens with zero attached hydrogens (tertiary/aromatic N) is 2. The van der Waals surface area contributed by atoms with Crippen molar-refractivity contribution in [2.24, 2.45) is 10.9 Å². The first-order valence-corrected chi connectivity index (χ1v) is 14.5. The third kappa shape index (κ3) is 11.6. The number of allylic oxidation sites excluding steroid dienone is 9. The fourth-order valence-electron chi connectivity index (χ4n) is 4.61. The van der Waals surface area contributed by atoms with E-state index in [0.717, 1.165) is 69.0 Å². The van der Waals surface area contributed by atoms with E-state index in [1.807, 2.05) is 40.0 Å². The van der Waals surface area contributed by atoms with Crippen LogP contribution in [0.5, 0.6) is 0 Å². The van der Waals surface area contributed by atoms with Crippen molar-refractivity contribution >= 4 is 23.1 Å². The number of carbonyl (C=O) groups excluding carboxylic acids is 1. The van der Waals surface area contributed by atoms with Crippen LogP contribution in [-0.2, 0) is 9.53 Å². The molecule has 39 heavy (non-hydrogen) atoms. The summed E-state index contributed by atoms with van der Waals surface area (Å²) in [6.07, 6.45) is 23.1. The van der Waals surface area contributed by atoms with Gasteiger partial charge in [0, 0.05) is 38.9 Å². The van der Waals surface area contributed by atoms with Gasteiger partial charge in [0.2, 0.25) is 0 Å². The summed E-state index contributed by atoms with van der Waals surface area (Å²) in [4.78, 5) is 17.5. The summed E-state index contributed by atoms with van der Waals surface area (Å²) in [7, 11) is 2.02. The van der Waals surface area contributed by atoms with Crippen LogP contribution in [0.25, 0.3) is 11.6 Å². The maximum atomic E-state index is 10.8. The molecule has 4 nitrogen and oxygen atoms in total. The number of benzene rings is 1. The molecule has 0 atom stereocenters. The molecule has 4 rings (SSSR count). The van der Waals surface area contributed by atoms with E-state index < -0.39 is 0 Å². The Morgan fingerprint density at radius 2 is 1.82 bits per heavy atom. The molecular weight excluding hydrogens is 480 g/mol. The summed E-state index contributed by atoms with van der Waals surface area (Å²) in [5, 5.41) is 0. The second-order valence-corrected chi connectivity index (χ2v) is 9.86. The Bertz CT molecular complexity index is 1090. The number of hydrogen-bond donors (Lipinski definition) is 0. The van der Waals surface area contributed by atoms with Gasteiger partial charge in [0.1, 0.15) is 11.6 Å². The molecule has 2 heterocycles. The zero-order valence-corrected chi connectivity index (χ0v) is 24.8. The minimum absolute atomic E-state index is 0.254. The monoisotopic (exact) mass is 528 g/mol. The molecule has 1 aromatic rings. The highest BCUT2D eigenvalue weighted by molar-refractivity contribution is 5.93. The lowest BCUT2D eigenvalue weighted by atomic mass is 9.89.